The number of hydrogen-bond donors (Lipinski definition) is 0. The lowest BCUT2D eigenvalue weighted by Crippen LogP contribution is -2.40. The van der Waals surface area contributed by atoms with Crippen LogP contribution in [0.25, 0.3) is 10.9 Å². The molecule has 0 N–H and O–H groups in total. The predicted octanol–water partition coefficient (Wildman–Crippen LogP) is 3.85. The number of nitrogens with zero attached hydrogens (tertiary/aromatic N) is 3. The van der Waals surface area contributed by atoms with Crippen molar-refractivity contribution in [2.24, 2.45) is 0 Å². The Morgan fingerprint density at radius 1 is 1.23 bits per heavy atom. The largest absolute Gasteiger partial charge is 0.383 e. The number of rotatable bonds is 8. The molecule has 3 aromatic rings. The van der Waals surface area contributed by atoms with Gasteiger partial charge in [-0.3, -0.25) is 14.2 Å². The third kappa shape index (κ3) is 4.71. The van der Waals surface area contributed by atoms with E-state index in [1.165, 1.54) is 0 Å². The van der Waals surface area contributed by atoms with Crippen LogP contribution in [-0.4, -0.2) is 40.6 Å². The van der Waals surface area contributed by atoms with E-state index in [1.54, 1.807) is 34.8 Å². The molecule has 1 unspecified atom stereocenters. The molecule has 30 heavy (non-hydrogen) atoms. The van der Waals surface area contributed by atoms with E-state index in [0.717, 1.165) is 5.56 Å². The zero-order valence-corrected chi connectivity index (χ0v) is 18.2. The summed E-state index contributed by atoms with van der Waals surface area (Å²) < 4.78 is 6.85. The van der Waals surface area contributed by atoms with Crippen LogP contribution in [0.15, 0.2) is 53.3 Å². The first-order chi connectivity index (χ1) is 14.5. The minimum Gasteiger partial charge on any atom is -0.383 e. The van der Waals surface area contributed by atoms with Crippen molar-refractivity contribution in [2.45, 2.75) is 32.9 Å². The molecule has 158 valence electrons. The highest BCUT2D eigenvalue weighted by atomic mass is 35.5. The van der Waals surface area contributed by atoms with Gasteiger partial charge < -0.3 is 9.64 Å². The summed E-state index contributed by atoms with van der Waals surface area (Å²) in [6.07, 6.45) is 0.269. The van der Waals surface area contributed by atoms with Crippen molar-refractivity contribution in [1.29, 1.82) is 0 Å². The quantitative estimate of drug-likeness (QED) is 0.547. The smallest absolute Gasteiger partial charge is 0.261 e. The van der Waals surface area contributed by atoms with Crippen LogP contribution in [0, 0.1) is 0 Å². The SMILES string of the molecule is CCn1c(C(C)N(CCOC)C(=O)Cc2ccccc2)nc2cc(Cl)ccc2c1=O. The van der Waals surface area contributed by atoms with Gasteiger partial charge in [0.15, 0.2) is 0 Å². The summed E-state index contributed by atoms with van der Waals surface area (Å²) in [6, 6.07) is 14.2. The number of benzene rings is 2. The number of carbonyl (C=O) groups is 1. The van der Waals surface area contributed by atoms with Crippen LogP contribution in [0.2, 0.25) is 5.02 Å². The molecule has 0 bridgehead atoms. The molecule has 1 amide bonds. The maximum atomic E-state index is 13.2. The first kappa shape index (κ1) is 22.0. The van der Waals surface area contributed by atoms with E-state index in [4.69, 9.17) is 21.3 Å². The molecule has 0 saturated heterocycles. The van der Waals surface area contributed by atoms with Crippen molar-refractivity contribution in [3.05, 3.63) is 75.3 Å². The number of methoxy groups -OCH3 is 1. The van der Waals surface area contributed by atoms with Crippen molar-refractivity contribution in [3.8, 4) is 0 Å². The molecule has 1 heterocycles. The second-order valence-electron chi connectivity index (χ2n) is 7.10. The van der Waals surface area contributed by atoms with E-state index < -0.39 is 6.04 Å². The van der Waals surface area contributed by atoms with Crippen LogP contribution >= 0.6 is 11.6 Å². The highest BCUT2D eigenvalue weighted by Crippen LogP contribution is 2.22. The van der Waals surface area contributed by atoms with Gasteiger partial charge in [0.2, 0.25) is 5.91 Å². The zero-order valence-electron chi connectivity index (χ0n) is 17.5. The minimum atomic E-state index is -0.410. The number of carbonyl (C=O) groups excluding carboxylic acids is 1. The van der Waals surface area contributed by atoms with Gasteiger partial charge in [-0.1, -0.05) is 41.9 Å². The molecule has 6 nitrogen and oxygen atoms in total. The summed E-state index contributed by atoms with van der Waals surface area (Å²) in [5.74, 6) is 0.489. The monoisotopic (exact) mass is 427 g/mol. The fraction of sp³-hybridized carbons (Fsp3) is 0.348. The van der Waals surface area contributed by atoms with Gasteiger partial charge in [0.25, 0.3) is 5.56 Å². The molecule has 7 heteroatoms. The fourth-order valence-corrected chi connectivity index (χ4v) is 3.74. The summed E-state index contributed by atoms with van der Waals surface area (Å²) >= 11 is 6.12. The Morgan fingerprint density at radius 2 is 1.97 bits per heavy atom. The number of ether oxygens (including phenoxy) is 1. The van der Waals surface area contributed by atoms with Gasteiger partial charge in [-0.2, -0.15) is 0 Å². The van der Waals surface area contributed by atoms with Gasteiger partial charge in [-0.25, -0.2) is 4.98 Å². The average Bonchev–Trinajstić information content (AvgIpc) is 2.74. The zero-order chi connectivity index (χ0) is 21.7. The van der Waals surface area contributed by atoms with Gasteiger partial charge in [0, 0.05) is 25.2 Å². The lowest BCUT2D eigenvalue weighted by Gasteiger charge is -2.30. The van der Waals surface area contributed by atoms with Crippen LogP contribution in [-0.2, 0) is 22.5 Å². The summed E-state index contributed by atoms with van der Waals surface area (Å²) in [7, 11) is 1.60. The topological polar surface area (TPSA) is 64.4 Å². The highest BCUT2D eigenvalue weighted by molar-refractivity contribution is 6.31. The number of hydrogen-bond acceptors (Lipinski definition) is 4. The van der Waals surface area contributed by atoms with Crippen molar-refractivity contribution in [2.75, 3.05) is 20.3 Å². The Morgan fingerprint density at radius 3 is 2.63 bits per heavy atom. The molecule has 0 aliphatic heterocycles. The standard InChI is InChI=1S/C23H26ClN3O3/c1-4-26-22(25-20-15-18(24)10-11-19(20)23(26)29)16(2)27(12-13-30-3)21(28)14-17-8-6-5-7-9-17/h5-11,15-16H,4,12-14H2,1-3H3. The first-order valence-electron chi connectivity index (χ1n) is 9.98. The molecule has 0 aliphatic rings. The molecule has 0 radical (unpaired) electrons. The second-order valence-corrected chi connectivity index (χ2v) is 7.54. The van der Waals surface area contributed by atoms with Gasteiger partial charge in [-0.05, 0) is 37.6 Å². The fourth-order valence-electron chi connectivity index (χ4n) is 3.57. The Kier molecular flexibility index (Phi) is 7.24. The first-order valence-corrected chi connectivity index (χ1v) is 10.4. The van der Waals surface area contributed by atoms with E-state index in [1.807, 2.05) is 44.2 Å². The molecule has 2 aromatic carbocycles. The second kappa shape index (κ2) is 9.87. The molecule has 0 fully saturated rings. The van der Waals surface area contributed by atoms with E-state index in [9.17, 15) is 9.59 Å². The highest BCUT2D eigenvalue weighted by Gasteiger charge is 2.26. The molecular weight excluding hydrogens is 402 g/mol. The molecule has 3 rings (SSSR count). The molecule has 0 saturated carbocycles. The van der Waals surface area contributed by atoms with E-state index in [0.29, 0.717) is 41.4 Å². The van der Waals surface area contributed by atoms with Gasteiger partial charge in [-0.15, -0.1) is 0 Å². The van der Waals surface area contributed by atoms with Crippen molar-refractivity contribution in [1.82, 2.24) is 14.5 Å². The van der Waals surface area contributed by atoms with E-state index in [-0.39, 0.29) is 17.9 Å². The Balaban J connectivity index is 2.02. The third-order valence-corrected chi connectivity index (χ3v) is 5.39. The molecule has 0 spiro atoms. The average molecular weight is 428 g/mol. The number of aromatic nitrogens is 2. The van der Waals surface area contributed by atoms with E-state index >= 15 is 0 Å². The normalized spacial score (nSPS) is 12.1. The maximum Gasteiger partial charge on any atom is 0.261 e. The van der Waals surface area contributed by atoms with Gasteiger partial charge in [0.1, 0.15) is 5.82 Å². The number of fused-ring (bicyclic) bond motifs is 1. The Bertz CT molecular complexity index is 1080. The predicted molar refractivity (Wildman–Crippen MR) is 119 cm³/mol. The van der Waals surface area contributed by atoms with Crippen molar-refractivity contribution in [3.63, 3.8) is 0 Å². The van der Waals surface area contributed by atoms with E-state index in [2.05, 4.69) is 0 Å². The van der Waals surface area contributed by atoms with Crippen molar-refractivity contribution < 1.29 is 9.53 Å². The number of halogens is 1. The Hall–Kier alpha value is -2.70. The number of amides is 1. The lowest BCUT2D eigenvalue weighted by molar-refractivity contribution is -0.133. The molecule has 1 atom stereocenters. The van der Waals surface area contributed by atoms with Crippen LogP contribution in [0.1, 0.15) is 31.3 Å². The van der Waals surface area contributed by atoms with Crippen LogP contribution < -0.4 is 5.56 Å². The van der Waals surface area contributed by atoms with Crippen LogP contribution in [0.4, 0.5) is 0 Å². The lowest BCUT2D eigenvalue weighted by atomic mass is 10.1. The maximum absolute atomic E-state index is 13.2. The van der Waals surface area contributed by atoms with Crippen molar-refractivity contribution >= 4 is 28.4 Å². The Labute approximate surface area is 181 Å². The van der Waals surface area contributed by atoms with Crippen LogP contribution in [0.5, 0.6) is 0 Å². The molecule has 1 aromatic heterocycles. The van der Waals surface area contributed by atoms with Gasteiger partial charge >= 0.3 is 0 Å². The van der Waals surface area contributed by atoms with Gasteiger partial charge in [0.05, 0.1) is 30.0 Å². The summed E-state index contributed by atoms with van der Waals surface area (Å²) in [5, 5.41) is 1.02. The minimum absolute atomic E-state index is 0.0474. The molecule has 0 aliphatic carbocycles. The summed E-state index contributed by atoms with van der Waals surface area (Å²) in [5.41, 5.74) is 1.33. The summed E-state index contributed by atoms with van der Waals surface area (Å²) in [4.78, 5) is 32.7. The third-order valence-electron chi connectivity index (χ3n) is 5.16. The molecular formula is C23H26ClN3O3. The van der Waals surface area contributed by atoms with Crippen LogP contribution in [0.3, 0.4) is 0 Å². The summed E-state index contributed by atoms with van der Waals surface area (Å²) in [6.45, 7) is 5.03.